The SMILES string of the molecule is CCCCOCCC(c1nnc(C2CC(CC(C)C)C2)n1C1CC1)C(C)C(=O)Nc1ccc(C)cc1C. The number of amides is 1. The summed E-state index contributed by atoms with van der Waals surface area (Å²) >= 11 is 0. The van der Waals surface area contributed by atoms with Gasteiger partial charge in [-0.1, -0.05) is 51.8 Å². The summed E-state index contributed by atoms with van der Waals surface area (Å²) in [6.45, 7) is 14.4. The number of nitrogens with zero attached hydrogens (tertiary/aromatic N) is 3. The van der Waals surface area contributed by atoms with E-state index in [1.54, 1.807) is 0 Å². The summed E-state index contributed by atoms with van der Waals surface area (Å²) in [5.41, 5.74) is 3.17. The predicted molar refractivity (Wildman–Crippen MR) is 150 cm³/mol. The lowest BCUT2D eigenvalue weighted by Crippen LogP contribution is -2.30. The molecule has 4 rings (SSSR count). The number of carbonyl (C=O) groups is 1. The van der Waals surface area contributed by atoms with Gasteiger partial charge in [-0.05, 0) is 82.3 Å². The highest BCUT2D eigenvalue weighted by molar-refractivity contribution is 5.93. The first-order valence-corrected chi connectivity index (χ1v) is 14.7. The molecular weight excluding hydrogens is 460 g/mol. The molecule has 1 aromatic carbocycles. The Morgan fingerprint density at radius 2 is 1.89 bits per heavy atom. The summed E-state index contributed by atoms with van der Waals surface area (Å²) in [5.74, 6) is 3.99. The lowest BCUT2D eigenvalue weighted by molar-refractivity contribution is -0.120. The molecule has 1 N–H and O–H groups in total. The van der Waals surface area contributed by atoms with Gasteiger partial charge < -0.3 is 14.6 Å². The lowest BCUT2D eigenvalue weighted by Gasteiger charge is -2.36. The van der Waals surface area contributed by atoms with Crippen molar-refractivity contribution < 1.29 is 9.53 Å². The van der Waals surface area contributed by atoms with Crippen LogP contribution in [-0.4, -0.2) is 33.9 Å². The van der Waals surface area contributed by atoms with Gasteiger partial charge in [0.2, 0.25) is 5.91 Å². The van der Waals surface area contributed by atoms with Gasteiger partial charge in [-0.25, -0.2) is 0 Å². The minimum absolute atomic E-state index is 0.0271. The van der Waals surface area contributed by atoms with Gasteiger partial charge in [0, 0.05) is 42.7 Å². The molecule has 1 heterocycles. The number of ether oxygens (including phenoxy) is 1. The van der Waals surface area contributed by atoms with E-state index in [2.05, 4.69) is 43.6 Å². The fraction of sp³-hybridized carbons (Fsp3) is 0.710. The molecule has 0 saturated heterocycles. The second-order valence-electron chi connectivity index (χ2n) is 12.1. The molecule has 6 nitrogen and oxygen atoms in total. The first-order chi connectivity index (χ1) is 17.8. The van der Waals surface area contributed by atoms with Crippen molar-refractivity contribution in [2.45, 2.75) is 111 Å². The maximum Gasteiger partial charge on any atom is 0.227 e. The van der Waals surface area contributed by atoms with Crippen molar-refractivity contribution in [1.82, 2.24) is 14.8 Å². The molecule has 0 spiro atoms. The Morgan fingerprint density at radius 1 is 1.14 bits per heavy atom. The van der Waals surface area contributed by atoms with Crippen molar-refractivity contribution in [1.29, 1.82) is 0 Å². The topological polar surface area (TPSA) is 69.0 Å². The second kappa shape index (κ2) is 12.6. The number of aryl methyl sites for hydroxylation is 2. The molecular formula is C31H48N4O2. The monoisotopic (exact) mass is 508 g/mol. The Hall–Kier alpha value is -2.21. The van der Waals surface area contributed by atoms with Crippen molar-refractivity contribution in [3.05, 3.63) is 41.0 Å². The number of unbranched alkanes of at least 4 members (excludes halogenated alkanes) is 1. The number of aromatic nitrogens is 3. The van der Waals surface area contributed by atoms with Crippen LogP contribution in [0.25, 0.3) is 0 Å². The highest BCUT2D eigenvalue weighted by Gasteiger charge is 2.41. The van der Waals surface area contributed by atoms with E-state index in [4.69, 9.17) is 14.9 Å². The van der Waals surface area contributed by atoms with E-state index in [0.29, 0.717) is 18.6 Å². The summed E-state index contributed by atoms with van der Waals surface area (Å²) < 4.78 is 8.41. The summed E-state index contributed by atoms with van der Waals surface area (Å²) in [6.07, 6.45) is 9.07. The minimum atomic E-state index is -0.236. The van der Waals surface area contributed by atoms with Crippen LogP contribution in [0.3, 0.4) is 0 Å². The second-order valence-corrected chi connectivity index (χ2v) is 12.1. The van der Waals surface area contributed by atoms with Crippen molar-refractivity contribution in [2.24, 2.45) is 17.8 Å². The highest BCUT2D eigenvalue weighted by Crippen LogP contribution is 2.48. The number of hydrogen-bond donors (Lipinski definition) is 1. The van der Waals surface area contributed by atoms with Crippen molar-refractivity contribution in [3.8, 4) is 0 Å². The first kappa shape index (κ1) is 27.8. The minimum Gasteiger partial charge on any atom is -0.381 e. The van der Waals surface area contributed by atoms with Crippen molar-refractivity contribution in [2.75, 3.05) is 18.5 Å². The molecule has 2 fully saturated rings. The quantitative estimate of drug-likeness (QED) is 0.271. The van der Waals surface area contributed by atoms with Gasteiger partial charge in [-0.15, -0.1) is 10.2 Å². The zero-order valence-electron chi connectivity index (χ0n) is 23.9. The predicted octanol–water partition coefficient (Wildman–Crippen LogP) is 7.33. The molecule has 37 heavy (non-hydrogen) atoms. The molecule has 6 heteroatoms. The molecule has 2 saturated carbocycles. The molecule has 2 unspecified atom stereocenters. The van der Waals surface area contributed by atoms with Gasteiger partial charge in [0.05, 0.1) is 0 Å². The summed E-state index contributed by atoms with van der Waals surface area (Å²) in [5, 5.41) is 12.8. The molecule has 2 aliphatic carbocycles. The number of carbonyl (C=O) groups excluding carboxylic acids is 1. The van der Waals surface area contributed by atoms with E-state index in [0.717, 1.165) is 60.6 Å². The molecule has 1 amide bonds. The van der Waals surface area contributed by atoms with Crippen LogP contribution in [0.5, 0.6) is 0 Å². The smallest absolute Gasteiger partial charge is 0.227 e. The largest absolute Gasteiger partial charge is 0.381 e. The zero-order valence-corrected chi connectivity index (χ0v) is 23.9. The summed E-state index contributed by atoms with van der Waals surface area (Å²) in [4.78, 5) is 13.5. The average Bonchev–Trinajstić information content (AvgIpc) is 3.58. The fourth-order valence-electron chi connectivity index (χ4n) is 5.90. The highest BCUT2D eigenvalue weighted by atomic mass is 16.5. The van der Waals surface area contributed by atoms with Crippen LogP contribution in [0.1, 0.15) is 120 Å². The van der Waals surface area contributed by atoms with Crippen LogP contribution in [0.4, 0.5) is 5.69 Å². The maximum absolute atomic E-state index is 13.5. The number of hydrogen-bond acceptors (Lipinski definition) is 4. The van der Waals surface area contributed by atoms with E-state index in [1.807, 2.05) is 26.0 Å². The fourth-order valence-corrected chi connectivity index (χ4v) is 5.90. The van der Waals surface area contributed by atoms with Crippen LogP contribution in [0, 0.1) is 31.6 Å². The molecule has 0 radical (unpaired) electrons. The Kier molecular flexibility index (Phi) is 9.44. The zero-order chi connectivity index (χ0) is 26.5. The standard InChI is InChI=1S/C31H48N4O2/c1-7-8-14-37-15-13-27(23(6)31(36)32-28-12-9-21(4)17-22(28)5)30-34-33-29(35(30)26-10-11-26)25-18-24(19-25)16-20(2)3/h9,12,17,20,23-27H,7-8,10-11,13-16,18-19H2,1-6H3,(H,32,36). The Morgan fingerprint density at radius 3 is 2.54 bits per heavy atom. The van der Waals surface area contributed by atoms with Gasteiger partial charge >= 0.3 is 0 Å². The Bertz CT molecular complexity index is 1040. The number of benzene rings is 1. The van der Waals surface area contributed by atoms with Crippen molar-refractivity contribution >= 4 is 11.6 Å². The number of nitrogens with one attached hydrogen (secondary N) is 1. The van der Waals surface area contributed by atoms with Gasteiger partial charge in [-0.2, -0.15) is 0 Å². The Labute approximate surface area is 224 Å². The molecule has 2 atom stereocenters. The van der Waals surface area contributed by atoms with Crippen LogP contribution in [-0.2, 0) is 9.53 Å². The van der Waals surface area contributed by atoms with Gasteiger partial charge in [0.15, 0.2) is 0 Å². The molecule has 0 aliphatic heterocycles. The summed E-state index contributed by atoms with van der Waals surface area (Å²) in [6, 6.07) is 6.66. The van der Waals surface area contributed by atoms with Crippen LogP contribution < -0.4 is 5.32 Å². The van der Waals surface area contributed by atoms with Gasteiger partial charge in [0.1, 0.15) is 11.6 Å². The third-order valence-electron chi connectivity index (χ3n) is 8.27. The molecule has 0 bridgehead atoms. The first-order valence-electron chi connectivity index (χ1n) is 14.7. The summed E-state index contributed by atoms with van der Waals surface area (Å²) in [7, 11) is 0. The van der Waals surface area contributed by atoms with E-state index in [-0.39, 0.29) is 17.7 Å². The van der Waals surface area contributed by atoms with Crippen molar-refractivity contribution in [3.63, 3.8) is 0 Å². The number of rotatable bonds is 14. The molecule has 204 valence electrons. The van der Waals surface area contributed by atoms with Crippen LogP contribution in [0.15, 0.2) is 18.2 Å². The lowest BCUT2D eigenvalue weighted by atomic mass is 9.71. The average molecular weight is 509 g/mol. The maximum atomic E-state index is 13.5. The molecule has 2 aromatic rings. The molecule has 2 aliphatic rings. The normalized spacial score (nSPS) is 21.1. The third kappa shape index (κ3) is 7.01. The third-order valence-corrected chi connectivity index (χ3v) is 8.27. The van der Waals surface area contributed by atoms with E-state index in [1.165, 1.54) is 37.7 Å². The van der Waals surface area contributed by atoms with E-state index < -0.39 is 0 Å². The van der Waals surface area contributed by atoms with E-state index >= 15 is 0 Å². The van der Waals surface area contributed by atoms with Crippen LogP contribution >= 0.6 is 0 Å². The Balaban J connectivity index is 1.54. The van der Waals surface area contributed by atoms with E-state index in [9.17, 15) is 4.79 Å². The molecule has 1 aromatic heterocycles. The van der Waals surface area contributed by atoms with Gasteiger partial charge in [0.25, 0.3) is 0 Å². The van der Waals surface area contributed by atoms with Crippen LogP contribution in [0.2, 0.25) is 0 Å². The van der Waals surface area contributed by atoms with Gasteiger partial charge in [-0.3, -0.25) is 4.79 Å². The number of anilines is 1.